The van der Waals surface area contributed by atoms with Crippen molar-refractivity contribution in [2.75, 3.05) is 6.26 Å². The number of carboxylic acids is 1. The molecule has 0 aliphatic rings. The Labute approximate surface area is 132 Å². The summed E-state index contributed by atoms with van der Waals surface area (Å²) in [6.45, 7) is 0. The Hall–Kier alpha value is -1.91. The Morgan fingerprint density at radius 3 is 2.67 bits per heavy atom. The van der Waals surface area contributed by atoms with Gasteiger partial charge < -0.3 is 9.84 Å². The first kappa shape index (κ1) is 15.5. The average molecular weight is 321 g/mol. The lowest BCUT2D eigenvalue weighted by Crippen LogP contribution is -1.89. The Kier molecular flexibility index (Phi) is 5.31. The van der Waals surface area contributed by atoms with E-state index in [1.54, 1.807) is 30.0 Å². The fraction of sp³-hybridized carbons (Fsp3) is 0.0625. The van der Waals surface area contributed by atoms with Gasteiger partial charge in [-0.1, -0.05) is 29.8 Å². The quantitative estimate of drug-likeness (QED) is 0.625. The van der Waals surface area contributed by atoms with Gasteiger partial charge in [-0.2, -0.15) is 0 Å². The fourth-order valence-electron chi connectivity index (χ4n) is 1.69. The van der Waals surface area contributed by atoms with Crippen molar-refractivity contribution >= 4 is 35.4 Å². The van der Waals surface area contributed by atoms with Crippen LogP contribution in [0.2, 0.25) is 5.02 Å². The lowest BCUT2D eigenvalue weighted by atomic mass is 10.2. The molecule has 0 bridgehead atoms. The predicted molar refractivity (Wildman–Crippen MR) is 86.4 cm³/mol. The Morgan fingerprint density at radius 1 is 1.24 bits per heavy atom. The third kappa shape index (κ3) is 4.28. The van der Waals surface area contributed by atoms with Crippen LogP contribution in [-0.2, 0) is 4.79 Å². The van der Waals surface area contributed by atoms with E-state index in [2.05, 4.69) is 0 Å². The van der Waals surface area contributed by atoms with Crippen molar-refractivity contribution in [2.24, 2.45) is 0 Å². The van der Waals surface area contributed by atoms with E-state index in [0.29, 0.717) is 16.3 Å². The summed E-state index contributed by atoms with van der Waals surface area (Å²) in [5.74, 6) is 0.270. The minimum absolute atomic E-state index is 0.429. The van der Waals surface area contributed by atoms with Crippen molar-refractivity contribution in [3.63, 3.8) is 0 Å². The number of halogens is 1. The first-order valence-corrected chi connectivity index (χ1v) is 7.72. The molecule has 1 N–H and O–H groups in total. The molecule has 0 radical (unpaired) electrons. The van der Waals surface area contributed by atoms with Crippen molar-refractivity contribution in [1.82, 2.24) is 0 Å². The number of para-hydroxylation sites is 1. The molecule has 108 valence electrons. The number of ether oxygens (including phenoxy) is 1. The van der Waals surface area contributed by atoms with Crippen molar-refractivity contribution in [3.05, 3.63) is 59.1 Å². The van der Waals surface area contributed by atoms with Crippen molar-refractivity contribution < 1.29 is 14.6 Å². The van der Waals surface area contributed by atoms with Gasteiger partial charge in [0.2, 0.25) is 0 Å². The van der Waals surface area contributed by atoms with Gasteiger partial charge in [0.15, 0.2) is 0 Å². The molecule has 0 aliphatic heterocycles. The van der Waals surface area contributed by atoms with E-state index >= 15 is 0 Å². The maximum Gasteiger partial charge on any atom is 0.328 e. The molecule has 0 heterocycles. The zero-order valence-corrected chi connectivity index (χ0v) is 12.8. The molecule has 3 nitrogen and oxygen atoms in total. The van der Waals surface area contributed by atoms with Crippen LogP contribution in [0.15, 0.2) is 53.4 Å². The zero-order valence-electron chi connectivity index (χ0n) is 11.2. The monoisotopic (exact) mass is 320 g/mol. The first-order chi connectivity index (χ1) is 10.1. The molecule has 21 heavy (non-hydrogen) atoms. The number of aliphatic carboxylic acids is 1. The number of rotatable bonds is 5. The molecule has 0 spiro atoms. The summed E-state index contributed by atoms with van der Waals surface area (Å²) in [6.07, 6.45) is 4.52. The lowest BCUT2D eigenvalue weighted by molar-refractivity contribution is -0.131. The lowest BCUT2D eigenvalue weighted by Gasteiger charge is -2.11. The number of carboxylic acid groups (broad SMARTS) is 1. The maximum atomic E-state index is 10.5. The third-order valence-corrected chi connectivity index (χ3v) is 3.74. The van der Waals surface area contributed by atoms with Gasteiger partial charge in [0, 0.05) is 11.0 Å². The van der Waals surface area contributed by atoms with Gasteiger partial charge in [-0.15, -0.1) is 11.8 Å². The summed E-state index contributed by atoms with van der Waals surface area (Å²) in [4.78, 5) is 11.5. The number of benzene rings is 2. The van der Waals surface area contributed by atoms with Crippen LogP contribution >= 0.6 is 23.4 Å². The highest BCUT2D eigenvalue weighted by Gasteiger charge is 2.07. The summed E-state index contributed by atoms with van der Waals surface area (Å²) in [7, 11) is 0. The van der Waals surface area contributed by atoms with Gasteiger partial charge in [0.25, 0.3) is 0 Å². The minimum Gasteiger partial charge on any atom is -0.478 e. The van der Waals surface area contributed by atoms with E-state index in [-0.39, 0.29) is 0 Å². The van der Waals surface area contributed by atoms with Crippen LogP contribution in [0.3, 0.4) is 0 Å². The Bertz CT molecular complexity index is 683. The molecule has 0 fully saturated rings. The predicted octanol–water partition coefficient (Wildman–Crippen LogP) is 4.95. The van der Waals surface area contributed by atoms with E-state index < -0.39 is 5.97 Å². The molecule has 2 rings (SSSR count). The number of carbonyl (C=O) groups is 1. The number of hydrogen-bond donors (Lipinski definition) is 1. The van der Waals surface area contributed by atoms with Crippen molar-refractivity contribution in [2.45, 2.75) is 4.90 Å². The van der Waals surface area contributed by atoms with E-state index in [9.17, 15) is 4.79 Å². The summed E-state index contributed by atoms with van der Waals surface area (Å²) in [5.41, 5.74) is 0.702. The first-order valence-electron chi connectivity index (χ1n) is 6.11. The highest BCUT2D eigenvalue weighted by molar-refractivity contribution is 7.98. The van der Waals surface area contributed by atoms with E-state index in [1.165, 1.54) is 6.08 Å². The topological polar surface area (TPSA) is 46.5 Å². The zero-order chi connectivity index (χ0) is 15.2. The fourth-order valence-corrected chi connectivity index (χ4v) is 2.45. The molecule has 0 aromatic heterocycles. The van der Waals surface area contributed by atoms with Crippen LogP contribution in [0.4, 0.5) is 0 Å². The maximum absolute atomic E-state index is 10.5. The molecule has 0 saturated carbocycles. The van der Waals surface area contributed by atoms with Gasteiger partial charge >= 0.3 is 5.97 Å². The summed E-state index contributed by atoms with van der Waals surface area (Å²) in [5, 5.41) is 9.03. The molecule has 0 atom stereocenters. The second kappa shape index (κ2) is 7.20. The van der Waals surface area contributed by atoms with Crippen LogP contribution in [0.5, 0.6) is 11.5 Å². The Morgan fingerprint density at radius 2 is 2.00 bits per heavy atom. The van der Waals surface area contributed by atoms with E-state index in [0.717, 1.165) is 16.7 Å². The summed E-state index contributed by atoms with van der Waals surface area (Å²) in [6, 6.07) is 12.8. The highest BCUT2D eigenvalue weighted by atomic mass is 35.5. The molecule has 0 amide bonds. The van der Waals surface area contributed by atoms with Gasteiger partial charge in [0.1, 0.15) is 11.5 Å². The van der Waals surface area contributed by atoms with Crippen LogP contribution in [0, 0.1) is 0 Å². The standard InChI is InChI=1S/C16H13ClO3S/c1-21-15-5-3-2-4-14(15)20-13-8-6-11(10-12(13)17)7-9-16(18)19/h2-10H,1H3,(H,18,19)/b9-7+. The van der Waals surface area contributed by atoms with E-state index in [1.807, 2.05) is 30.5 Å². The summed E-state index contributed by atoms with van der Waals surface area (Å²) < 4.78 is 5.82. The van der Waals surface area contributed by atoms with Crippen molar-refractivity contribution in [1.29, 1.82) is 0 Å². The van der Waals surface area contributed by atoms with Crippen LogP contribution in [0.25, 0.3) is 6.08 Å². The van der Waals surface area contributed by atoms with Gasteiger partial charge in [0.05, 0.1) is 5.02 Å². The molecule has 0 aliphatic carbocycles. The molecule has 0 unspecified atom stereocenters. The SMILES string of the molecule is CSc1ccccc1Oc1ccc(/C=C/C(=O)O)cc1Cl. The largest absolute Gasteiger partial charge is 0.478 e. The highest BCUT2D eigenvalue weighted by Crippen LogP contribution is 2.35. The second-order valence-corrected chi connectivity index (χ2v) is 5.37. The van der Waals surface area contributed by atoms with Crippen molar-refractivity contribution in [3.8, 4) is 11.5 Å². The smallest absolute Gasteiger partial charge is 0.328 e. The van der Waals surface area contributed by atoms with Crippen LogP contribution in [0.1, 0.15) is 5.56 Å². The molecule has 0 saturated heterocycles. The van der Waals surface area contributed by atoms with Gasteiger partial charge in [-0.25, -0.2) is 4.79 Å². The summed E-state index contributed by atoms with van der Waals surface area (Å²) >= 11 is 7.77. The van der Waals surface area contributed by atoms with Gasteiger partial charge in [-0.05, 0) is 42.2 Å². The second-order valence-electron chi connectivity index (χ2n) is 4.11. The molecule has 2 aromatic carbocycles. The molecule has 5 heteroatoms. The Balaban J connectivity index is 2.23. The van der Waals surface area contributed by atoms with Gasteiger partial charge in [-0.3, -0.25) is 0 Å². The van der Waals surface area contributed by atoms with E-state index in [4.69, 9.17) is 21.4 Å². The third-order valence-electron chi connectivity index (χ3n) is 2.66. The molecular formula is C16H13ClO3S. The van der Waals surface area contributed by atoms with Crippen LogP contribution < -0.4 is 4.74 Å². The molecular weight excluding hydrogens is 308 g/mol. The normalized spacial score (nSPS) is 10.8. The average Bonchev–Trinajstić information content (AvgIpc) is 2.48. The number of hydrogen-bond acceptors (Lipinski definition) is 3. The van der Waals surface area contributed by atoms with Crippen LogP contribution in [-0.4, -0.2) is 17.3 Å². The minimum atomic E-state index is -1.000. The molecule has 2 aromatic rings. The number of thioether (sulfide) groups is 1.